The summed E-state index contributed by atoms with van der Waals surface area (Å²) in [4.78, 5) is 29.3. The molecule has 0 bridgehead atoms. The lowest BCUT2D eigenvalue weighted by molar-refractivity contribution is 0.102. The number of carbonyl (C=O) groups excluding carboxylic acids is 1. The molecule has 0 aliphatic rings. The molecule has 3 aromatic heterocycles. The van der Waals surface area contributed by atoms with Gasteiger partial charge in [0.1, 0.15) is 17.0 Å². The van der Waals surface area contributed by atoms with Crippen molar-refractivity contribution >= 4 is 22.8 Å². The lowest BCUT2D eigenvalue weighted by Gasteiger charge is -2.10. The van der Waals surface area contributed by atoms with Crippen molar-refractivity contribution in [1.29, 1.82) is 0 Å². The number of hydrogen-bond donors (Lipinski definition) is 1. The van der Waals surface area contributed by atoms with Crippen molar-refractivity contribution in [3.05, 3.63) is 66.4 Å². The molecular weight excluding hydrogens is 344 g/mol. The molecule has 0 aliphatic heterocycles. The minimum absolute atomic E-state index is 0.235. The molecule has 1 N–H and O–H groups in total. The summed E-state index contributed by atoms with van der Waals surface area (Å²) in [6, 6.07) is 9.16. The molecule has 27 heavy (non-hydrogen) atoms. The molecule has 0 saturated heterocycles. The van der Waals surface area contributed by atoms with Gasteiger partial charge in [-0.05, 0) is 30.7 Å². The first kappa shape index (κ1) is 16.6. The highest BCUT2D eigenvalue weighted by molar-refractivity contribution is 6.03. The number of hydrogen-bond acceptors (Lipinski definition) is 6. The quantitative estimate of drug-likeness (QED) is 0.601. The van der Waals surface area contributed by atoms with Gasteiger partial charge in [0.05, 0.1) is 6.20 Å². The summed E-state index contributed by atoms with van der Waals surface area (Å²) in [7, 11) is 1.86. The van der Waals surface area contributed by atoms with Crippen LogP contribution >= 0.6 is 0 Å². The largest absolute Gasteiger partial charge is 0.424 e. The van der Waals surface area contributed by atoms with E-state index in [1.165, 1.54) is 6.20 Å². The van der Waals surface area contributed by atoms with Gasteiger partial charge in [-0.15, -0.1) is 0 Å². The fraction of sp³-hybridized carbons (Fsp3) is 0.105. The van der Waals surface area contributed by atoms with Crippen LogP contribution in [0.3, 0.4) is 0 Å². The molecule has 4 rings (SSSR count). The Morgan fingerprint density at radius 1 is 1.15 bits per heavy atom. The third kappa shape index (κ3) is 3.45. The van der Waals surface area contributed by atoms with E-state index in [1.807, 2.05) is 36.9 Å². The Balaban J connectivity index is 1.57. The molecule has 8 nitrogen and oxygen atoms in total. The molecule has 8 heteroatoms. The van der Waals surface area contributed by atoms with Crippen LogP contribution in [-0.2, 0) is 7.05 Å². The van der Waals surface area contributed by atoms with E-state index >= 15 is 0 Å². The van der Waals surface area contributed by atoms with Gasteiger partial charge in [-0.2, -0.15) is 0 Å². The highest BCUT2D eigenvalue weighted by Gasteiger charge is 2.12. The molecule has 0 unspecified atom stereocenters. The summed E-state index contributed by atoms with van der Waals surface area (Å²) < 4.78 is 7.51. The van der Waals surface area contributed by atoms with Crippen LogP contribution < -0.4 is 10.1 Å². The molecule has 0 spiro atoms. The zero-order chi connectivity index (χ0) is 18.8. The van der Waals surface area contributed by atoms with Gasteiger partial charge in [-0.1, -0.05) is 6.07 Å². The second-order valence-corrected chi connectivity index (χ2v) is 5.96. The molecule has 0 radical (unpaired) electrons. The maximum Gasteiger partial charge on any atom is 0.321 e. The molecule has 4 aromatic rings. The second-order valence-electron chi connectivity index (χ2n) is 5.96. The number of nitrogens with one attached hydrogen (secondary N) is 1. The van der Waals surface area contributed by atoms with Crippen molar-refractivity contribution in [2.45, 2.75) is 6.92 Å². The number of benzene rings is 1. The molecule has 134 valence electrons. The summed E-state index contributed by atoms with van der Waals surface area (Å²) in [5.41, 5.74) is 3.09. The lowest BCUT2D eigenvalue weighted by Crippen LogP contribution is -2.14. The smallest absolute Gasteiger partial charge is 0.321 e. The van der Waals surface area contributed by atoms with Crippen molar-refractivity contribution in [2.75, 3.05) is 5.32 Å². The van der Waals surface area contributed by atoms with Crippen LogP contribution in [0.1, 0.15) is 16.1 Å². The number of carbonyl (C=O) groups is 1. The zero-order valence-electron chi connectivity index (χ0n) is 14.7. The molecule has 0 fully saturated rings. The first-order chi connectivity index (χ1) is 13.1. The monoisotopic (exact) mass is 360 g/mol. The maximum atomic E-state index is 12.6. The normalized spacial score (nSPS) is 10.7. The zero-order valence-corrected chi connectivity index (χ0v) is 14.7. The van der Waals surface area contributed by atoms with Crippen molar-refractivity contribution in [3.63, 3.8) is 0 Å². The van der Waals surface area contributed by atoms with E-state index in [2.05, 4.69) is 25.3 Å². The Hall–Kier alpha value is -3.81. The SMILES string of the molecule is Cc1ccc(NC(=O)c2cnc3ccn(C)c3n2)cc1Oc1ncccn1. The average molecular weight is 360 g/mol. The Bertz CT molecular complexity index is 1120. The average Bonchev–Trinajstić information content (AvgIpc) is 3.06. The summed E-state index contributed by atoms with van der Waals surface area (Å²) in [5.74, 6) is 0.208. The Morgan fingerprint density at radius 3 is 2.78 bits per heavy atom. The van der Waals surface area contributed by atoms with E-state index < -0.39 is 0 Å². The van der Waals surface area contributed by atoms with Crippen LogP contribution in [-0.4, -0.2) is 30.4 Å². The Labute approximate surface area is 154 Å². The predicted molar refractivity (Wildman–Crippen MR) is 99.7 cm³/mol. The number of anilines is 1. The van der Waals surface area contributed by atoms with Gasteiger partial charge in [0.2, 0.25) is 0 Å². The minimum Gasteiger partial charge on any atom is -0.424 e. The maximum absolute atomic E-state index is 12.6. The van der Waals surface area contributed by atoms with E-state index in [0.717, 1.165) is 11.1 Å². The van der Waals surface area contributed by atoms with Crippen molar-refractivity contribution in [3.8, 4) is 11.8 Å². The Kier molecular flexibility index (Phi) is 4.21. The van der Waals surface area contributed by atoms with Gasteiger partial charge in [0, 0.05) is 37.4 Å². The first-order valence-corrected chi connectivity index (χ1v) is 8.25. The van der Waals surface area contributed by atoms with Gasteiger partial charge in [-0.3, -0.25) is 9.78 Å². The fourth-order valence-electron chi connectivity index (χ4n) is 2.55. The van der Waals surface area contributed by atoms with Crippen LogP contribution in [0.5, 0.6) is 11.8 Å². The topological polar surface area (TPSA) is 94.8 Å². The molecule has 1 amide bonds. The summed E-state index contributed by atoms with van der Waals surface area (Å²) in [6.45, 7) is 1.90. The number of fused-ring (bicyclic) bond motifs is 1. The van der Waals surface area contributed by atoms with Crippen molar-refractivity contribution in [2.24, 2.45) is 7.05 Å². The number of aryl methyl sites for hydroxylation is 2. The van der Waals surface area contributed by atoms with Crippen molar-refractivity contribution < 1.29 is 9.53 Å². The van der Waals surface area contributed by atoms with Crippen molar-refractivity contribution in [1.82, 2.24) is 24.5 Å². The number of ether oxygens (including phenoxy) is 1. The Morgan fingerprint density at radius 2 is 1.96 bits per heavy atom. The van der Waals surface area contributed by atoms with E-state index in [-0.39, 0.29) is 17.6 Å². The fourth-order valence-corrected chi connectivity index (χ4v) is 2.55. The van der Waals surface area contributed by atoms with Gasteiger partial charge >= 0.3 is 6.01 Å². The highest BCUT2D eigenvalue weighted by Crippen LogP contribution is 2.26. The lowest BCUT2D eigenvalue weighted by atomic mass is 10.2. The third-order valence-corrected chi connectivity index (χ3v) is 3.99. The highest BCUT2D eigenvalue weighted by atomic mass is 16.5. The van der Waals surface area contributed by atoms with Gasteiger partial charge in [0.25, 0.3) is 5.91 Å². The van der Waals surface area contributed by atoms with Gasteiger partial charge in [0.15, 0.2) is 5.65 Å². The van der Waals surface area contributed by atoms with E-state index in [4.69, 9.17) is 4.74 Å². The van der Waals surface area contributed by atoms with Gasteiger partial charge < -0.3 is 14.6 Å². The summed E-state index contributed by atoms with van der Waals surface area (Å²) >= 11 is 0. The molecular formula is C19H16N6O2. The molecule has 3 heterocycles. The molecule has 0 aliphatic carbocycles. The number of nitrogens with zero attached hydrogens (tertiary/aromatic N) is 5. The van der Waals surface area contributed by atoms with Crippen LogP contribution in [0.4, 0.5) is 5.69 Å². The number of aromatic nitrogens is 5. The molecule has 0 saturated carbocycles. The first-order valence-electron chi connectivity index (χ1n) is 8.25. The third-order valence-electron chi connectivity index (χ3n) is 3.99. The van der Waals surface area contributed by atoms with Crippen LogP contribution in [0.25, 0.3) is 11.2 Å². The van der Waals surface area contributed by atoms with E-state index in [1.54, 1.807) is 30.6 Å². The minimum atomic E-state index is -0.351. The predicted octanol–water partition coefficient (Wildman–Crippen LogP) is 3.11. The number of amides is 1. The molecule has 0 atom stereocenters. The standard InChI is InChI=1S/C19H16N6O2/c1-12-4-5-13(10-16(12)27-19-20-7-3-8-21-19)23-18(26)15-11-22-14-6-9-25(2)17(14)24-15/h3-11H,1-2H3,(H,23,26). The van der Waals surface area contributed by atoms with Gasteiger partial charge in [-0.25, -0.2) is 15.0 Å². The van der Waals surface area contributed by atoms with E-state index in [0.29, 0.717) is 17.1 Å². The summed E-state index contributed by atoms with van der Waals surface area (Å²) in [5, 5.41) is 2.82. The molecule has 1 aromatic carbocycles. The van der Waals surface area contributed by atoms with E-state index in [9.17, 15) is 4.79 Å². The summed E-state index contributed by atoms with van der Waals surface area (Å²) in [6.07, 6.45) is 6.51. The van der Waals surface area contributed by atoms with Crippen LogP contribution in [0, 0.1) is 6.92 Å². The van der Waals surface area contributed by atoms with Crippen LogP contribution in [0.15, 0.2) is 55.1 Å². The second kappa shape index (κ2) is 6.83. The van der Waals surface area contributed by atoms with Crippen LogP contribution in [0.2, 0.25) is 0 Å². The number of rotatable bonds is 4.